The van der Waals surface area contributed by atoms with Gasteiger partial charge in [0, 0.05) is 45.7 Å². The van der Waals surface area contributed by atoms with E-state index in [0.29, 0.717) is 24.2 Å². The molecule has 0 N–H and O–H groups in total. The number of aromatic nitrogens is 3. The minimum Gasteiger partial charge on any atom is -0.381 e. The minimum atomic E-state index is 0.293. The summed E-state index contributed by atoms with van der Waals surface area (Å²) < 4.78 is 7.45. The first kappa shape index (κ1) is 14.5. The SMILES string of the molecule is Cn1cnnc1C1CCN(C(=O)C[C@@H]2CCCOC2)CC1. The van der Waals surface area contributed by atoms with Crippen LogP contribution >= 0.6 is 0 Å². The summed E-state index contributed by atoms with van der Waals surface area (Å²) in [4.78, 5) is 14.4. The molecule has 116 valence electrons. The maximum atomic E-state index is 12.4. The molecule has 0 aliphatic carbocycles. The van der Waals surface area contributed by atoms with Crippen LogP contribution in [0.4, 0.5) is 0 Å². The molecule has 0 aromatic carbocycles. The van der Waals surface area contributed by atoms with Crippen LogP contribution in [0.25, 0.3) is 0 Å². The smallest absolute Gasteiger partial charge is 0.222 e. The van der Waals surface area contributed by atoms with E-state index in [9.17, 15) is 4.79 Å². The van der Waals surface area contributed by atoms with Gasteiger partial charge in [-0.25, -0.2) is 0 Å². The summed E-state index contributed by atoms with van der Waals surface area (Å²) in [5.74, 6) is 2.19. The van der Waals surface area contributed by atoms with Gasteiger partial charge < -0.3 is 14.2 Å². The number of piperidine rings is 1. The highest BCUT2D eigenvalue weighted by molar-refractivity contribution is 5.76. The lowest BCUT2D eigenvalue weighted by atomic mass is 9.94. The molecule has 3 heterocycles. The standard InChI is InChI=1S/C15H24N4O2/c1-18-11-16-17-15(18)13-4-6-19(7-5-13)14(20)9-12-3-2-8-21-10-12/h11-13H,2-10H2,1H3/t12-/m0/s1. The fourth-order valence-corrected chi connectivity index (χ4v) is 3.39. The zero-order valence-corrected chi connectivity index (χ0v) is 12.7. The molecule has 2 aliphatic rings. The molecule has 6 heteroatoms. The number of amides is 1. The van der Waals surface area contributed by atoms with Crippen LogP contribution in [0.3, 0.4) is 0 Å². The molecule has 0 spiro atoms. The van der Waals surface area contributed by atoms with Gasteiger partial charge in [-0.3, -0.25) is 4.79 Å². The Labute approximate surface area is 125 Å². The van der Waals surface area contributed by atoms with Crippen LogP contribution in [0.15, 0.2) is 6.33 Å². The predicted molar refractivity (Wildman–Crippen MR) is 77.7 cm³/mol. The summed E-state index contributed by atoms with van der Waals surface area (Å²) in [6, 6.07) is 0. The van der Waals surface area contributed by atoms with Crippen LogP contribution in [0.5, 0.6) is 0 Å². The topological polar surface area (TPSA) is 60.2 Å². The van der Waals surface area contributed by atoms with Crippen molar-refractivity contribution in [2.24, 2.45) is 13.0 Å². The second-order valence-electron chi connectivity index (χ2n) is 6.24. The first-order valence-corrected chi connectivity index (χ1v) is 7.93. The van der Waals surface area contributed by atoms with E-state index in [-0.39, 0.29) is 0 Å². The molecule has 1 amide bonds. The second-order valence-corrected chi connectivity index (χ2v) is 6.24. The predicted octanol–water partition coefficient (Wildman–Crippen LogP) is 1.34. The van der Waals surface area contributed by atoms with Crippen molar-refractivity contribution in [1.82, 2.24) is 19.7 Å². The van der Waals surface area contributed by atoms with Crippen molar-refractivity contribution in [3.8, 4) is 0 Å². The number of carbonyl (C=O) groups is 1. The van der Waals surface area contributed by atoms with E-state index in [1.807, 2.05) is 16.5 Å². The number of likely N-dealkylation sites (tertiary alicyclic amines) is 1. The van der Waals surface area contributed by atoms with Crippen LogP contribution in [0.2, 0.25) is 0 Å². The molecule has 0 saturated carbocycles. The molecule has 2 saturated heterocycles. The zero-order chi connectivity index (χ0) is 14.7. The zero-order valence-electron chi connectivity index (χ0n) is 12.7. The summed E-state index contributed by atoms with van der Waals surface area (Å²) in [7, 11) is 1.98. The van der Waals surface area contributed by atoms with Crippen molar-refractivity contribution in [1.29, 1.82) is 0 Å². The van der Waals surface area contributed by atoms with Gasteiger partial charge in [0.1, 0.15) is 12.2 Å². The Balaban J connectivity index is 1.48. The Morgan fingerprint density at radius 3 is 2.81 bits per heavy atom. The van der Waals surface area contributed by atoms with Gasteiger partial charge in [0.25, 0.3) is 0 Å². The summed E-state index contributed by atoms with van der Waals surface area (Å²) >= 11 is 0. The van der Waals surface area contributed by atoms with E-state index in [1.165, 1.54) is 0 Å². The maximum Gasteiger partial charge on any atom is 0.222 e. The van der Waals surface area contributed by atoms with Gasteiger partial charge in [-0.15, -0.1) is 10.2 Å². The van der Waals surface area contributed by atoms with Crippen molar-refractivity contribution >= 4 is 5.91 Å². The highest BCUT2D eigenvalue weighted by Crippen LogP contribution is 2.27. The van der Waals surface area contributed by atoms with Crippen molar-refractivity contribution < 1.29 is 9.53 Å². The highest BCUT2D eigenvalue weighted by atomic mass is 16.5. The number of carbonyl (C=O) groups excluding carboxylic acids is 1. The van der Waals surface area contributed by atoms with Crippen LogP contribution < -0.4 is 0 Å². The van der Waals surface area contributed by atoms with E-state index in [2.05, 4.69) is 10.2 Å². The van der Waals surface area contributed by atoms with Crippen LogP contribution in [-0.4, -0.2) is 51.9 Å². The van der Waals surface area contributed by atoms with Crippen LogP contribution in [0, 0.1) is 5.92 Å². The summed E-state index contributed by atoms with van der Waals surface area (Å²) in [6.07, 6.45) is 6.58. The quantitative estimate of drug-likeness (QED) is 0.843. The van der Waals surface area contributed by atoms with E-state index >= 15 is 0 Å². The molecule has 3 rings (SSSR count). The highest BCUT2D eigenvalue weighted by Gasteiger charge is 2.28. The lowest BCUT2D eigenvalue weighted by Gasteiger charge is -2.33. The molecule has 1 atom stereocenters. The third-order valence-electron chi connectivity index (χ3n) is 4.68. The van der Waals surface area contributed by atoms with Gasteiger partial charge in [0.15, 0.2) is 0 Å². The third-order valence-corrected chi connectivity index (χ3v) is 4.68. The van der Waals surface area contributed by atoms with E-state index in [0.717, 1.165) is 57.8 Å². The average Bonchev–Trinajstić information content (AvgIpc) is 2.94. The molecule has 0 bridgehead atoms. The lowest BCUT2D eigenvalue weighted by Crippen LogP contribution is -2.39. The van der Waals surface area contributed by atoms with E-state index in [4.69, 9.17) is 4.74 Å². The van der Waals surface area contributed by atoms with Gasteiger partial charge in [0.2, 0.25) is 5.91 Å². The number of hydrogen-bond acceptors (Lipinski definition) is 4. The minimum absolute atomic E-state index is 0.293. The molecular formula is C15H24N4O2. The summed E-state index contributed by atoms with van der Waals surface area (Å²) in [5, 5.41) is 8.14. The Kier molecular flexibility index (Phi) is 4.53. The number of aryl methyl sites for hydroxylation is 1. The fraction of sp³-hybridized carbons (Fsp3) is 0.800. The Hall–Kier alpha value is -1.43. The Bertz CT molecular complexity index is 474. The largest absolute Gasteiger partial charge is 0.381 e. The number of hydrogen-bond donors (Lipinski definition) is 0. The molecule has 0 radical (unpaired) electrons. The van der Waals surface area contributed by atoms with E-state index < -0.39 is 0 Å². The average molecular weight is 292 g/mol. The fourth-order valence-electron chi connectivity index (χ4n) is 3.39. The van der Waals surface area contributed by atoms with Crippen molar-refractivity contribution in [3.05, 3.63) is 12.2 Å². The van der Waals surface area contributed by atoms with Gasteiger partial charge in [0.05, 0.1) is 0 Å². The first-order valence-electron chi connectivity index (χ1n) is 7.93. The van der Waals surface area contributed by atoms with Crippen molar-refractivity contribution in [2.75, 3.05) is 26.3 Å². The van der Waals surface area contributed by atoms with Crippen LogP contribution in [-0.2, 0) is 16.6 Å². The molecule has 2 fully saturated rings. The summed E-state index contributed by atoms with van der Waals surface area (Å²) in [5.41, 5.74) is 0. The summed E-state index contributed by atoms with van der Waals surface area (Å²) in [6.45, 7) is 3.28. The van der Waals surface area contributed by atoms with Crippen molar-refractivity contribution in [2.45, 2.75) is 38.0 Å². The molecule has 2 aliphatic heterocycles. The number of rotatable bonds is 3. The Morgan fingerprint density at radius 2 is 2.19 bits per heavy atom. The van der Waals surface area contributed by atoms with Gasteiger partial charge >= 0.3 is 0 Å². The van der Waals surface area contributed by atoms with E-state index in [1.54, 1.807) is 6.33 Å². The lowest BCUT2D eigenvalue weighted by molar-refractivity contribution is -0.134. The molecule has 1 aromatic rings. The molecule has 21 heavy (non-hydrogen) atoms. The molecule has 0 unspecified atom stereocenters. The normalized spacial score (nSPS) is 24.2. The first-order chi connectivity index (χ1) is 10.2. The molecule has 6 nitrogen and oxygen atoms in total. The van der Waals surface area contributed by atoms with Crippen molar-refractivity contribution in [3.63, 3.8) is 0 Å². The van der Waals surface area contributed by atoms with Gasteiger partial charge in [-0.1, -0.05) is 0 Å². The maximum absolute atomic E-state index is 12.4. The second kappa shape index (κ2) is 6.56. The number of nitrogens with zero attached hydrogens (tertiary/aromatic N) is 4. The number of ether oxygens (including phenoxy) is 1. The monoisotopic (exact) mass is 292 g/mol. The van der Waals surface area contributed by atoms with Gasteiger partial charge in [-0.2, -0.15) is 0 Å². The van der Waals surface area contributed by atoms with Crippen LogP contribution in [0.1, 0.15) is 43.8 Å². The molecule has 1 aromatic heterocycles. The molecular weight excluding hydrogens is 268 g/mol. The Morgan fingerprint density at radius 1 is 1.38 bits per heavy atom. The third kappa shape index (κ3) is 3.43. The van der Waals surface area contributed by atoms with Gasteiger partial charge in [-0.05, 0) is 31.6 Å².